The van der Waals surface area contributed by atoms with Crippen LogP contribution in [0.15, 0.2) is 48.5 Å². The smallest absolute Gasteiger partial charge is 0.229 e. The number of carbonyl (C=O) groups is 1. The number of benzene rings is 2. The summed E-state index contributed by atoms with van der Waals surface area (Å²) in [6.07, 6.45) is 0.973. The third-order valence-corrected chi connectivity index (χ3v) is 4.95. The molecule has 0 saturated heterocycles. The number of hydrogen-bond acceptors (Lipinski definition) is 3. The monoisotopic (exact) mass is 363 g/mol. The van der Waals surface area contributed by atoms with E-state index in [9.17, 15) is 4.79 Å². The van der Waals surface area contributed by atoms with E-state index in [1.165, 1.54) is 5.56 Å². The van der Waals surface area contributed by atoms with Crippen LogP contribution in [0.2, 0.25) is 0 Å². The number of aromatic nitrogens is 2. The Bertz CT molecular complexity index is 985. The van der Waals surface area contributed by atoms with E-state index in [4.69, 9.17) is 4.74 Å². The molecule has 0 fully saturated rings. The highest BCUT2D eigenvalue weighted by Gasteiger charge is 2.26. The Balaban J connectivity index is 1.59. The SMILES string of the molecule is CC(C)(C)n1c(NC(=O)CC2OCCc3ccccc32)nc2ccccc21. The molecule has 27 heavy (non-hydrogen) atoms. The number of carbonyl (C=O) groups excluding carboxylic acids is 1. The van der Waals surface area contributed by atoms with E-state index in [2.05, 4.69) is 47.8 Å². The van der Waals surface area contributed by atoms with E-state index in [0.717, 1.165) is 23.0 Å². The average molecular weight is 363 g/mol. The van der Waals surface area contributed by atoms with Crippen molar-refractivity contribution in [2.45, 2.75) is 45.3 Å². The highest BCUT2D eigenvalue weighted by molar-refractivity contribution is 5.92. The second-order valence-electron chi connectivity index (χ2n) is 7.99. The van der Waals surface area contributed by atoms with Crippen LogP contribution in [-0.4, -0.2) is 22.1 Å². The van der Waals surface area contributed by atoms with Crippen LogP contribution in [0.1, 0.15) is 44.4 Å². The fourth-order valence-corrected chi connectivity index (χ4v) is 3.78. The number of anilines is 1. The predicted octanol–water partition coefficient (Wildman–Crippen LogP) is 4.43. The van der Waals surface area contributed by atoms with Gasteiger partial charge in [-0.05, 0) is 50.5 Å². The molecule has 2 heterocycles. The summed E-state index contributed by atoms with van der Waals surface area (Å²) in [6, 6.07) is 16.1. The fraction of sp³-hybridized carbons (Fsp3) is 0.364. The summed E-state index contributed by atoms with van der Waals surface area (Å²) < 4.78 is 7.96. The molecule has 0 saturated carbocycles. The van der Waals surface area contributed by atoms with Crippen molar-refractivity contribution >= 4 is 22.9 Å². The molecule has 0 bridgehead atoms. The molecule has 0 spiro atoms. The number of rotatable bonds is 3. The summed E-state index contributed by atoms with van der Waals surface area (Å²) >= 11 is 0. The maximum absolute atomic E-state index is 12.8. The summed E-state index contributed by atoms with van der Waals surface area (Å²) in [7, 11) is 0. The molecule has 3 aromatic rings. The number of nitrogens with zero attached hydrogens (tertiary/aromatic N) is 2. The first-order chi connectivity index (χ1) is 12.9. The average Bonchev–Trinajstić information content (AvgIpc) is 3.00. The number of fused-ring (bicyclic) bond motifs is 2. The topological polar surface area (TPSA) is 56.2 Å². The Kier molecular flexibility index (Phi) is 4.48. The molecule has 1 aliphatic heterocycles. The zero-order chi connectivity index (χ0) is 19.0. The van der Waals surface area contributed by atoms with E-state index >= 15 is 0 Å². The molecule has 5 heteroatoms. The highest BCUT2D eigenvalue weighted by atomic mass is 16.5. The van der Waals surface area contributed by atoms with Gasteiger partial charge < -0.3 is 9.30 Å². The Morgan fingerprint density at radius 2 is 1.93 bits per heavy atom. The van der Waals surface area contributed by atoms with Gasteiger partial charge >= 0.3 is 0 Å². The lowest BCUT2D eigenvalue weighted by molar-refractivity contribution is -0.119. The summed E-state index contributed by atoms with van der Waals surface area (Å²) in [5.74, 6) is 0.496. The lowest BCUT2D eigenvalue weighted by Gasteiger charge is -2.27. The largest absolute Gasteiger partial charge is 0.373 e. The zero-order valence-electron chi connectivity index (χ0n) is 16.0. The van der Waals surface area contributed by atoms with Gasteiger partial charge in [0.05, 0.1) is 30.2 Å². The minimum Gasteiger partial charge on any atom is -0.373 e. The van der Waals surface area contributed by atoms with Crippen LogP contribution >= 0.6 is 0 Å². The van der Waals surface area contributed by atoms with Gasteiger partial charge in [0.2, 0.25) is 11.9 Å². The molecule has 5 nitrogen and oxygen atoms in total. The molecule has 1 amide bonds. The molecular formula is C22H25N3O2. The zero-order valence-corrected chi connectivity index (χ0v) is 16.0. The van der Waals surface area contributed by atoms with Gasteiger partial charge in [-0.2, -0.15) is 0 Å². The maximum atomic E-state index is 12.8. The normalized spacial score (nSPS) is 16.9. The molecule has 1 N–H and O–H groups in total. The Hall–Kier alpha value is -2.66. The predicted molar refractivity (Wildman–Crippen MR) is 107 cm³/mol. The molecule has 1 aliphatic rings. The molecule has 1 unspecified atom stereocenters. The van der Waals surface area contributed by atoms with E-state index in [1.807, 2.05) is 36.4 Å². The second kappa shape index (κ2) is 6.82. The number of imidazole rings is 1. The van der Waals surface area contributed by atoms with Gasteiger partial charge in [-0.15, -0.1) is 0 Å². The van der Waals surface area contributed by atoms with E-state index < -0.39 is 0 Å². The summed E-state index contributed by atoms with van der Waals surface area (Å²) in [6.45, 7) is 6.97. The first-order valence-electron chi connectivity index (χ1n) is 9.41. The standard InChI is InChI=1S/C22H25N3O2/c1-22(2,3)25-18-11-7-6-10-17(18)23-21(25)24-20(26)14-19-16-9-5-4-8-15(16)12-13-27-19/h4-11,19H,12-14H2,1-3H3,(H,23,24,26). The number of amides is 1. The molecule has 1 atom stereocenters. The number of nitrogens with one attached hydrogen (secondary N) is 1. The lowest BCUT2D eigenvalue weighted by Crippen LogP contribution is -2.27. The van der Waals surface area contributed by atoms with Gasteiger partial charge in [-0.25, -0.2) is 4.98 Å². The van der Waals surface area contributed by atoms with Crippen molar-refractivity contribution in [3.05, 3.63) is 59.7 Å². The van der Waals surface area contributed by atoms with Gasteiger partial charge in [0.25, 0.3) is 0 Å². The molecule has 0 radical (unpaired) electrons. The molecule has 1 aromatic heterocycles. The third kappa shape index (κ3) is 3.47. The van der Waals surface area contributed by atoms with Crippen LogP contribution in [0.4, 0.5) is 5.95 Å². The fourth-order valence-electron chi connectivity index (χ4n) is 3.78. The molecule has 4 rings (SSSR count). The van der Waals surface area contributed by atoms with Crippen molar-refractivity contribution < 1.29 is 9.53 Å². The van der Waals surface area contributed by atoms with Crippen molar-refractivity contribution in [2.24, 2.45) is 0 Å². The maximum Gasteiger partial charge on any atom is 0.229 e. The number of ether oxygens (including phenoxy) is 1. The van der Waals surface area contributed by atoms with Crippen molar-refractivity contribution in [1.82, 2.24) is 9.55 Å². The van der Waals surface area contributed by atoms with Crippen LogP contribution in [-0.2, 0) is 21.5 Å². The Morgan fingerprint density at radius 3 is 2.74 bits per heavy atom. The van der Waals surface area contributed by atoms with Gasteiger partial charge in [0, 0.05) is 5.54 Å². The summed E-state index contributed by atoms with van der Waals surface area (Å²) in [5, 5.41) is 3.02. The second-order valence-corrected chi connectivity index (χ2v) is 7.99. The minimum absolute atomic E-state index is 0.0856. The lowest BCUT2D eigenvalue weighted by atomic mass is 9.96. The van der Waals surface area contributed by atoms with Gasteiger partial charge in [0.1, 0.15) is 0 Å². The summed E-state index contributed by atoms with van der Waals surface area (Å²) in [5.41, 5.74) is 4.07. The molecular weight excluding hydrogens is 338 g/mol. The van der Waals surface area contributed by atoms with E-state index in [-0.39, 0.29) is 24.0 Å². The number of para-hydroxylation sites is 2. The minimum atomic E-state index is -0.206. The van der Waals surface area contributed by atoms with Gasteiger partial charge in [-0.1, -0.05) is 36.4 Å². The Labute approximate surface area is 159 Å². The molecule has 0 aliphatic carbocycles. The van der Waals surface area contributed by atoms with E-state index in [1.54, 1.807) is 0 Å². The van der Waals surface area contributed by atoms with Crippen LogP contribution in [0.3, 0.4) is 0 Å². The summed E-state index contributed by atoms with van der Waals surface area (Å²) in [4.78, 5) is 17.4. The van der Waals surface area contributed by atoms with Crippen LogP contribution in [0.5, 0.6) is 0 Å². The number of hydrogen-bond donors (Lipinski definition) is 1. The van der Waals surface area contributed by atoms with Crippen molar-refractivity contribution in [1.29, 1.82) is 0 Å². The molecule has 2 aromatic carbocycles. The van der Waals surface area contributed by atoms with Crippen molar-refractivity contribution in [3.8, 4) is 0 Å². The highest BCUT2D eigenvalue weighted by Crippen LogP contribution is 2.31. The molecule has 140 valence electrons. The van der Waals surface area contributed by atoms with Gasteiger partial charge in [-0.3, -0.25) is 10.1 Å². The third-order valence-electron chi connectivity index (χ3n) is 4.95. The first-order valence-corrected chi connectivity index (χ1v) is 9.41. The van der Waals surface area contributed by atoms with E-state index in [0.29, 0.717) is 12.6 Å². The van der Waals surface area contributed by atoms with Crippen LogP contribution < -0.4 is 5.32 Å². The quantitative estimate of drug-likeness (QED) is 0.749. The van der Waals surface area contributed by atoms with Gasteiger partial charge in [0.15, 0.2) is 0 Å². The van der Waals surface area contributed by atoms with Crippen molar-refractivity contribution in [2.75, 3.05) is 11.9 Å². The Morgan fingerprint density at radius 1 is 1.19 bits per heavy atom. The van der Waals surface area contributed by atoms with Crippen molar-refractivity contribution in [3.63, 3.8) is 0 Å². The first kappa shape index (κ1) is 17.7. The van der Waals surface area contributed by atoms with Crippen LogP contribution in [0, 0.1) is 0 Å². The van der Waals surface area contributed by atoms with Crippen LogP contribution in [0.25, 0.3) is 11.0 Å².